The minimum Gasteiger partial charge on any atom is -0.496 e. The first-order valence-corrected chi connectivity index (χ1v) is 7.30. The summed E-state index contributed by atoms with van der Waals surface area (Å²) in [4.78, 5) is 3.76. The van der Waals surface area contributed by atoms with Gasteiger partial charge in [-0.1, -0.05) is 22.0 Å². The summed E-state index contributed by atoms with van der Waals surface area (Å²) in [6.45, 7) is 0. The molecule has 0 spiro atoms. The summed E-state index contributed by atoms with van der Waals surface area (Å²) < 4.78 is 43.9. The van der Waals surface area contributed by atoms with Crippen LogP contribution in [0, 0.1) is 0 Å². The predicted molar refractivity (Wildman–Crippen MR) is 77.0 cm³/mol. The Bertz CT molecular complexity index is 632. The molecule has 3 N–H and O–H groups in total. The number of rotatable bonds is 4. The molecule has 1 aromatic carbocycles. The Labute approximate surface area is 131 Å². The fraction of sp³-hybridized carbons (Fsp3) is 0.250. The van der Waals surface area contributed by atoms with Crippen molar-refractivity contribution in [3.05, 3.63) is 44.3 Å². The lowest BCUT2D eigenvalue weighted by Crippen LogP contribution is -2.28. The van der Waals surface area contributed by atoms with E-state index < -0.39 is 17.2 Å². The van der Waals surface area contributed by atoms with Crippen LogP contribution >= 0.6 is 27.3 Å². The Morgan fingerprint density at radius 3 is 2.67 bits per heavy atom. The number of nitrogens with two attached hydrogens (primary N) is 1. The molecule has 9 heteroatoms. The van der Waals surface area contributed by atoms with Gasteiger partial charge in [0.1, 0.15) is 5.75 Å². The second-order valence-corrected chi connectivity index (χ2v) is 6.03. The molecular formula is C12H11BrF3N3OS. The van der Waals surface area contributed by atoms with Gasteiger partial charge >= 0.3 is 6.18 Å². The Morgan fingerprint density at radius 1 is 1.43 bits per heavy atom. The normalized spacial score (nSPS) is 13.2. The van der Waals surface area contributed by atoms with Crippen LogP contribution in [-0.2, 0) is 6.18 Å². The van der Waals surface area contributed by atoms with Gasteiger partial charge in [0, 0.05) is 21.1 Å². The molecule has 2 aromatic rings. The van der Waals surface area contributed by atoms with E-state index in [4.69, 9.17) is 10.6 Å². The van der Waals surface area contributed by atoms with E-state index in [1.165, 1.54) is 13.3 Å². The molecule has 0 aliphatic heterocycles. The highest BCUT2D eigenvalue weighted by Crippen LogP contribution is 2.38. The van der Waals surface area contributed by atoms with Crippen molar-refractivity contribution in [3.63, 3.8) is 0 Å². The number of hydrazine groups is 1. The summed E-state index contributed by atoms with van der Waals surface area (Å²) in [6, 6.07) is 4.56. The summed E-state index contributed by atoms with van der Waals surface area (Å²) in [7, 11) is 1.48. The Morgan fingerprint density at radius 2 is 2.14 bits per heavy atom. The highest BCUT2D eigenvalue weighted by molar-refractivity contribution is 9.10. The van der Waals surface area contributed by atoms with Crippen LogP contribution in [0.4, 0.5) is 13.2 Å². The van der Waals surface area contributed by atoms with Crippen LogP contribution < -0.4 is 16.0 Å². The van der Waals surface area contributed by atoms with Gasteiger partial charge in [0.15, 0.2) is 5.01 Å². The average molecular weight is 382 g/mol. The lowest BCUT2D eigenvalue weighted by atomic mass is 10.1. The maximum absolute atomic E-state index is 12.6. The smallest absolute Gasteiger partial charge is 0.443 e. The van der Waals surface area contributed by atoms with Gasteiger partial charge in [0.2, 0.25) is 0 Å². The van der Waals surface area contributed by atoms with Gasteiger partial charge in [-0.25, -0.2) is 10.4 Å². The van der Waals surface area contributed by atoms with Crippen molar-refractivity contribution in [2.24, 2.45) is 5.84 Å². The van der Waals surface area contributed by atoms with Crippen molar-refractivity contribution in [1.82, 2.24) is 10.4 Å². The third-order valence-corrected chi connectivity index (χ3v) is 4.32. The quantitative estimate of drug-likeness (QED) is 0.628. The predicted octanol–water partition coefficient (Wildman–Crippen LogP) is 3.49. The third-order valence-electron chi connectivity index (χ3n) is 2.72. The third kappa shape index (κ3) is 3.54. The highest BCUT2D eigenvalue weighted by atomic mass is 79.9. The molecule has 1 atom stereocenters. The summed E-state index contributed by atoms with van der Waals surface area (Å²) in [5, 5.41) is -0.908. The molecule has 1 heterocycles. The molecular weight excluding hydrogens is 371 g/mol. The highest BCUT2D eigenvalue weighted by Gasteiger charge is 2.35. The minimum atomic E-state index is -4.47. The zero-order valence-electron chi connectivity index (χ0n) is 10.7. The SMILES string of the molecule is COc1cc(Br)ccc1C(NN)c1cnc(C(F)(F)F)s1. The van der Waals surface area contributed by atoms with Crippen molar-refractivity contribution in [1.29, 1.82) is 0 Å². The van der Waals surface area contributed by atoms with E-state index in [-0.39, 0.29) is 0 Å². The van der Waals surface area contributed by atoms with Gasteiger partial charge in [-0.15, -0.1) is 11.3 Å². The van der Waals surface area contributed by atoms with E-state index in [9.17, 15) is 13.2 Å². The van der Waals surface area contributed by atoms with E-state index in [0.717, 1.165) is 4.47 Å². The number of thiazole rings is 1. The second-order valence-electron chi connectivity index (χ2n) is 4.05. The number of nitrogens with zero attached hydrogens (tertiary/aromatic N) is 1. The number of benzene rings is 1. The number of methoxy groups -OCH3 is 1. The van der Waals surface area contributed by atoms with E-state index in [2.05, 4.69) is 26.3 Å². The molecule has 0 amide bonds. The van der Waals surface area contributed by atoms with Gasteiger partial charge in [-0.3, -0.25) is 5.84 Å². The van der Waals surface area contributed by atoms with Crippen LogP contribution in [-0.4, -0.2) is 12.1 Å². The van der Waals surface area contributed by atoms with Gasteiger partial charge in [-0.05, 0) is 12.1 Å². The summed E-state index contributed by atoms with van der Waals surface area (Å²) in [5.74, 6) is 6.01. The molecule has 0 aliphatic carbocycles. The molecule has 0 saturated carbocycles. The largest absolute Gasteiger partial charge is 0.496 e. The van der Waals surface area contributed by atoms with Gasteiger partial charge < -0.3 is 4.74 Å². The molecule has 2 rings (SSSR count). The van der Waals surface area contributed by atoms with Crippen molar-refractivity contribution in [3.8, 4) is 5.75 Å². The van der Waals surface area contributed by atoms with Crippen LogP contribution in [0.15, 0.2) is 28.9 Å². The van der Waals surface area contributed by atoms with Crippen LogP contribution in [0.2, 0.25) is 0 Å². The van der Waals surface area contributed by atoms with E-state index in [0.29, 0.717) is 27.5 Å². The lowest BCUT2D eigenvalue weighted by molar-refractivity contribution is -0.137. The molecule has 4 nitrogen and oxygen atoms in total. The standard InChI is InChI=1S/C12H11BrF3N3OS/c1-20-8-4-6(13)2-3-7(8)10(19-17)9-5-18-11(21-9)12(14,15)16/h2-5,10,19H,17H2,1H3. The number of halogens is 4. The number of nitrogens with one attached hydrogen (secondary N) is 1. The van der Waals surface area contributed by atoms with Gasteiger partial charge in [0.25, 0.3) is 0 Å². The molecule has 1 aromatic heterocycles. The van der Waals surface area contributed by atoms with Crippen molar-refractivity contribution >= 4 is 27.3 Å². The van der Waals surface area contributed by atoms with E-state index in [1.807, 2.05) is 0 Å². The van der Waals surface area contributed by atoms with Crippen molar-refractivity contribution in [2.45, 2.75) is 12.2 Å². The van der Waals surface area contributed by atoms with Crippen molar-refractivity contribution in [2.75, 3.05) is 7.11 Å². The van der Waals surface area contributed by atoms with Crippen LogP contribution in [0.1, 0.15) is 21.5 Å². The molecule has 0 saturated heterocycles. The maximum Gasteiger partial charge on any atom is 0.443 e. The van der Waals surface area contributed by atoms with Gasteiger partial charge in [0.05, 0.1) is 13.2 Å². The fourth-order valence-electron chi connectivity index (χ4n) is 1.80. The van der Waals surface area contributed by atoms with Gasteiger partial charge in [-0.2, -0.15) is 13.2 Å². The molecule has 1 unspecified atom stereocenters. The van der Waals surface area contributed by atoms with E-state index >= 15 is 0 Å². The molecule has 0 radical (unpaired) electrons. The number of alkyl halides is 3. The zero-order valence-corrected chi connectivity index (χ0v) is 13.1. The summed E-state index contributed by atoms with van der Waals surface area (Å²) in [6.07, 6.45) is -3.30. The number of hydrogen-bond donors (Lipinski definition) is 2. The monoisotopic (exact) mass is 381 g/mol. The number of aromatic nitrogens is 1. The molecule has 114 valence electrons. The van der Waals surface area contributed by atoms with Crippen LogP contribution in [0.5, 0.6) is 5.75 Å². The molecule has 0 fully saturated rings. The van der Waals surface area contributed by atoms with Crippen molar-refractivity contribution < 1.29 is 17.9 Å². The van der Waals surface area contributed by atoms with E-state index in [1.54, 1.807) is 18.2 Å². The summed E-state index contributed by atoms with van der Waals surface area (Å²) >= 11 is 3.85. The Balaban J connectivity index is 2.42. The van der Waals surface area contributed by atoms with Crippen LogP contribution in [0.3, 0.4) is 0 Å². The Kier molecular flexibility index (Phi) is 4.87. The second kappa shape index (κ2) is 6.30. The first-order chi connectivity index (χ1) is 9.86. The lowest BCUT2D eigenvalue weighted by Gasteiger charge is -2.17. The first kappa shape index (κ1) is 16.2. The number of hydrogen-bond acceptors (Lipinski definition) is 5. The van der Waals surface area contributed by atoms with Crippen LogP contribution in [0.25, 0.3) is 0 Å². The average Bonchev–Trinajstić information content (AvgIpc) is 2.90. The zero-order chi connectivity index (χ0) is 15.6. The summed E-state index contributed by atoms with van der Waals surface area (Å²) in [5.41, 5.74) is 3.13. The minimum absolute atomic E-state index is 0.352. The first-order valence-electron chi connectivity index (χ1n) is 5.69. The fourth-order valence-corrected chi connectivity index (χ4v) is 3.00. The topological polar surface area (TPSA) is 60.2 Å². The Hall–Kier alpha value is -1.16. The maximum atomic E-state index is 12.6. The number of ether oxygens (including phenoxy) is 1. The molecule has 0 bridgehead atoms. The molecule has 0 aliphatic rings. The molecule has 21 heavy (non-hydrogen) atoms.